The monoisotopic (exact) mass is 304 g/mol. The molecule has 100 valence electrons. The summed E-state index contributed by atoms with van der Waals surface area (Å²) < 4.78 is 51.3. The molecule has 0 heterocycles. The van der Waals surface area contributed by atoms with E-state index in [2.05, 4.69) is 0 Å². The lowest BCUT2D eigenvalue weighted by atomic mass is 10.2. The van der Waals surface area contributed by atoms with Gasteiger partial charge in [-0.3, -0.25) is 4.57 Å². The third-order valence-corrected chi connectivity index (χ3v) is 5.71. The maximum atomic E-state index is 12.9. The van der Waals surface area contributed by atoms with E-state index in [1.165, 1.54) is 24.3 Å². The molecule has 2 rings (SSSR count). The Hall–Kier alpha value is -1.25. The van der Waals surface area contributed by atoms with Crippen LogP contribution in [0.2, 0.25) is 0 Å². The minimum Gasteiger partial charge on any atom is -0.296 e. The molecule has 0 spiro atoms. The van der Waals surface area contributed by atoms with Crippen molar-refractivity contribution in [1.29, 1.82) is 0 Å². The van der Waals surface area contributed by atoms with Crippen molar-refractivity contribution >= 4 is 28.3 Å². The molecule has 19 heavy (non-hydrogen) atoms. The molecule has 2 aromatic carbocycles. The van der Waals surface area contributed by atoms with Crippen LogP contribution in [0, 0.1) is 0 Å². The molecule has 6 heteroatoms. The summed E-state index contributed by atoms with van der Waals surface area (Å²) in [6.07, 6.45) is -4.59. The number of halogens is 4. The molecule has 0 saturated carbocycles. The molecular weight excluding hydrogens is 296 g/mol. The van der Waals surface area contributed by atoms with Crippen LogP contribution in [0.5, 0.6) is 0 Å². The zero-order chi connectivity index (χ0) is 14.1. The summed E-state index contributed by atoms with van der Waals surface area (Å²) in [5, 5.41) is -0.191. The number of benzene rings is 2. The first-order valence-corrected chi connectivity index (χ1v) is 7.97. The maximum absolute atomic E-state index is 12.9. The Morgan fingerprint density at radius 3 is 2.00 bits per heavy atom. The Labute approximate surface area is 113 Å². The average Bonchev–Trinajstić information content (AvgIpc) is 2.39. The molecule has 1 unspecified atom stereocenters. The Bertz CT molecular complexity index is 625. The minimum absolute atomic E-state index is 0.188. The molecule has 0 aliphatic heterocycles. The molecule has 0 fully saturated rings. The highest BCUT2D eigenvalue weighted by atomic mass is 35.7. The Morgan fingerprint density at radius 1 is 0.895 bits per heavy atom. The van der Waals surface area contributed by atoms with Gasteiger partial charge in [-0.25, -0.2) is 0 Å². The second kappa shape index (κ2) is 5.03. The summed E-state index contributed by atoms with van der Waals surface area (Å²) in [4.78, 5) is 0. The largest absolute Gasteiger partial charge is 0.417 e. The van der Waals surface area contributed by atoms with Gasteiger partial charge in [0.25, 0.3) is 0 Å². The van der Waals surface area contributed by atoms with Gasteiger partial charge in [0, 0.05) is 10.6 Å². The van der Waals surface area contributed by atoms with E-state index in [1.807, 2.05) is 0 Å². The Balaban J connectivity index is 2.63. The fraction of sp³-hybridized carbons (Fsp3) is 0.0769. The van der Waals surface area contributed by atoms with E-state index < -0.39 is 18.2 Å². The van der Waals surface area contributed by atoms with Crippen molar-refractivity contribution in [2.45, 2.75) is 6.18 Å². The van der Waals surface area contributed by atoms with Gasteiger partial charge in [-0.2, -0.15) is 13.2 Å². The topological polar surface area (TPSA) is 17.1 Å². The zero-order valence-corrected chi connectivity index (χ0v) is 11.2. The van der Waals surface area contributed by atoms with Gasteiger partial charge in [-0.15, -0.1) is 0 Å². The van der Waals surface area contributed by atoms with Gasteiger partial charge >= 0.3 is 6.18 Å². The van der Waals surface area contributed by atoms with Crippen LogP contribution in [0.1, 0.15) is 5.56 Å². The third-order valence-electron chi connectivity index (χ3n) is 2.61. The normalized spacial score (nSPS) is 14.9. The van der Waals surface area contributed by atoms with Gasteiger partial charge in [0.2, 0.25) is 6.49 Å². The van der Waals surface area contributed by atoms with Gasteiger partial charge in [0.1, 0.15) is 0 Å². The van der Waals surface area contributed by atoms with Gasteiger partial charge in [-0.05, 0) is 23.4 Å². The van der Waals surface area contributed by atoms with Crippen LogP contribution in [0.25, 0.3) is 0 Å². The highest BCUT2D eigenvalue weighted by Gasteiger charge is 2.38. The summed E-state index contributed by atoms with van der Waals surface area (Å²) in [6, 6.07) is 12.4. The molecular formula is C13H9ClF3OP. The third kappa shape index (κ3) is 2.85. The van der Waals surface area contributed by atoms with Gasteiger partial charge in [0.15, 0.2) is 0 Å². The minimum atomic E-state index is -4.59. The van der Waals surface area contributed by atoms with E-state index in [-0.39, 0.29) is 10.6 Å². The number of alkyl halides is 3. The summed E-state index contributed by atoms with van der Waals surface area (Å²) in [5.74, 6) is 0. The van der Waals surface area contributed by atoms with Crippen LogP contribution in [0.4, 0.5) is 13.2 Å². The standard InChI is InChI=1S/C13H9ClF3OP/c14-19(18,10-6-2-1-3-7-10)12-9-5-4-8-11(12)13(15,16)17/h1-9H. The lowest BCUT2D eigenvalue weighted by Gasteiger charge is -2.17. The average molecular weight is 305 g/mol. The number of hydrogen-bond acceptors (Lipinski definition) is 1. The molecule has 0 amide bonds. The summed E-state index contributed by atoms with van der Waals surface area (Å²) in [7, 11) is 0. The van der Waals surface area contributed by atoms with Crippen molar-refractivity contribution in [1.82, 2.24) is 0 Å². The summed E-state index contributed by atoms with van der Waals surface area (Å²) >= 11 is 5.95. The fourth-order valence-electron chi connectivity index (χ4n) is 1.72. The van der Waals surface area contributed by atoms with E-state index in [1.54, 1.807) is 18.2 Å². The fourth-order valence-corrected chi connectivity index (χ4v) is 4.13. The predicted octanol–water partition coefficient (Wildman–Crippen LogP) is 4.17. The van der Waals surface area contributed by atoms with E-state index in [0.29, 0.717) is 0 Å². The van der Waals surface area contributed by atoms with Crippen molar-refractivity contribution in [3.63, 3.8) is 0 Å². The van der Waals surface area contributed by atoms with E-state index in [0.717, 1.165) is 12.1 Å². The molecule has 0 aliphatic carbocycles. The highest BCUT2D eigenvalue weighted by molar-refractivity contribution is 8.00. The Kier molecular flexibility index (Phi) is 3.75. The summed E-state index contributed by atoms with van der Waals surface area (Å²) in [5.41, 5.74) is -0.961. The number of hydrogen-bond donors (Lipinski definition) is 0. The van der Waals surface area contributed by atoms with E-state index in [4.69, 9.17) is 11.2 Å². The van der Waals surface area contributed by atoms with Crippen LogP contribution < -0.4 is 10.6 Å². The summed E-state index contributed by atoms with van der Waals surface area (Å²) in [6.45, 7) is -3.78. The first-order valence-electron chi connectivity index (χ1n) is 5.35. The molecule has 0 aliphatic rings. The second-order valence-corrected chi connectivity index (χ2v) is 7.37. The second-order valence-electron chi connectivity index (χ2n) is 3.88. The highest BCUT2D eigenvalue weighted by Crippen LogP contribution is 2.51. The first kappa shape index (κ1) is 14.2. The molecule has 0 bridgehead atoms. The predicted molar refractivity (Wildman–Crippen MR) is 70.6 cm³/mol. The van der Waals surface area contributed by atoms with Crippen LogP contribution >= 0.6 is 17.7 Å². The van der Waals surface area contributed by atoms with Gasteiger partial charge < -0.3 is 0 Å². The molecule has 0 radical (unpaired) electrons. The van der Waals surface area contributed by atoms with Crippen LogP contribution in [0.3, 0.4) is 0 Å². The molecule has 1 atom stereocenters. The maximum Gasteiger partial charge on any atom is 0.417 e. The van der Waals surface area contributed by atoms with Gasteiger partial charge in [-0.1, -0.05) is 42.5 Å². The molecule has 2 aromatic rings. The van der Waals surface area contributed by atoms with Crippen molar-refractivity contribution in [3.05, 3.63) is 60.2 Å². The molecule has 0 N–H and O–H groups in total. The van der Waals surface area contributed by atoms with Crippen molar-refractivity contribution < 1.29 is 17.7 Å². The van der Waals surface area contributed by atoms with Crippen LogP contribution in [-0.2, 0) is 10.7 Å². The quantitative estimate of drug-likeness (QED) is 0.761. The molecule has 0 saturated heterocycles. The number of rotatable bonds is 2. The Morgan fingerprint density at radius 2 is 1.42 bits per heavy atom. The van der Waals surface area contributed by atoms with Crippen molar-refractivity contribution in [2.24, 2.45) is 0 Å². The van der Waals surface area contributed by atoms with Crippen molar-refractivity contribution in [3.8, 4) is 0 Å². The smallest absolute Gasteiger partial charge is 0.296 e. The lowest BCUT2D eigenvalue weighted by Crippen LogP contribution is -2.22. The van der Waals surface area contributed by atoms with Crippen LogP contribution in [-0.4, -0.2) is 0 Å². The molecule has 1 nitrogen and oxygen atoms in total. The first-order chi connectivity index (χ1) is 8.83. The van der Waals surface area contributed by atoms with E-state index >= 15 is 0 Å². The van der Waals surface area contributed by atoms with Crippen LogP contribution in [0.15, 0.2) is 54.6 Å². The van der Waals surface area contributed by atoms with Gasteiger partial charge in [0.05, 0.1) is 5.56 Å². The SMILES string of the molecule is O=P(Cl)(c1ccccc1)c1ccccc1C(F)(F)F. The molecule has 0 aromatic heterocycles. The van der Waals surface area contributed by atoms with E-state index in [9.17, 15) is 17.7 Å². The zero-order valence-electron chi connectivity index (χ0n) is 9.56. The lowest BCUT2D eigenvalue weighted by molar-refractivity contribution is -0.136. The van der Waals surface area contributed by atoms with Crippen molar-refractivity contribution in [2.75, 3.05) is 0 Å².